The number of rotatable bonds is 3. The molecule has 0 radical (unpaired) electrons. The number of aromatic nitrogens is 1. The van der Waals surface area contributed by atoms with Crippen LogP contribution in [0.25, 0.3) is 0 Å². The van der Waals surface area contributed by atoms with E-state index in [1.54, 1.807) is 12.4 Å². The van der Waals surface area contributed by atoms with Gasteiger partial charge in [-0.1, -0.05) is 0 Å². The topological polar surface area (TPSA) is 45.1 Å². The van der Waals surface area contributed by atoms with E-state index in [0.717, 1.165) is 29.4 Å². The monoisotopic (exact) mass is 256 g/mol. The highest BCUT2D eigenvalue weighted by molar-refractivity contribution is 9.10. The normalized spacial score (nSPS) is 18.7. The van der Waals surface area contributed by atoms with E-state index in [1.807, 2.05) is 6.07 Å². The molecule has 1 fully saturated rings. The number of hydrogen-bond acceptors (Lipinski definition) is 3. The van der Waals surface area contributed by atoms with Gasteiger partial charge in [-0.3, -0.25) is 4.98 Å². The smallest absolute Gasteiger partial charge is 0.0819 e. The molecule has 1 aromatic rings. The van der Waals surface area contributed by atoms with Crippen LogP contribution in [-0.2, 0) is 0 Å². The second-order valence-electron chi connectivity index (χ2n) is 3.79. The Balaban J connectivity index is 1.95. The Hall–Kier alpha value is -0.610. The highest BCUT2D eigenvalue weighted by atomic mass is 79.9. The third kappa shape index (κ3) is 2.07. The van der Waals surface area contributed by atoms with E-state index in [2.05, 4.69) is 26.2 Å². The Morgan fingerprint density at radius 3 is 2.93 bits per heavy atom. The van der Waals surface area contributed by atoms with Crippen LogP contribution in [0.3, 0.4) is 0 Å². The maximum absolute atomic E-state index is 9.87. The van der Waals surface area contributed by atoms with Crippen LogP contribution in [-0.4, -0.2) is 22.2 Å². The number of pyridine rings is 1. The summed E-state index contributed by atoms with van der Waals surface area (Å²) in [6.07, 6.45) is 6.42. The molecule has 1 heterocycles. The molecule has 1 aliphatic carbocycles. The molecule has 0 saturated heterocycles. The zero-order chi connectivity index (χ0) is 10.0. The van der Waals surface area contributed by atoms with Gasteiger partial charge in [-0.2, -0.15) is 0 Å². The van der Waals surface area contributed by atoms with Gasteiger partial charge >= 0.3 is 0 Å². The molecule has 1 aromatic heterocycles. The molecule has 0 aromatic carbocycles. The van der Waals surface area contributed by atoms with Crippen LogP contribution < -0.4 is 5.32 Å². The molecule has 1 aliphatic rings. The molecule has 0 amide bonds. The lowest BCUT2D eigenvalue weighted by Gasteiger charge is -2.36. The highest BCUT2D eigenvalue weighted by Crippen LogP contribution is 2.32. The average molecular weight is 257 g/mol. The van der Waals surface area contributed by atoms with Crippen molar-refractivity contribution in [2.24, 2.45) is 0 Å². The molecular formula is C10H13BrN2O. The number of hydrogen-bond donors (Lipinski definition) is 2. The molecule has 0 aliphatic heterocycles. The first-order chi connectivity index (χ1) is 6.70. The molecule has 76 valence electrons. The molecule has 0 atom stereocenters. The van der Waals surface area contributed by atoms with Gasteiger partial charge in [-0.05, 0) is 41.3 Å². The van der Waals surface area contributed by atoms with Crippen molar-refractivity contribution in [1.29, 1.82) is 0 Å². The van der Waals surface area contributed by atoms with E-state index in [-0.39, 0.29) is 0 Å². The second-order valence-corrected chi connectivity index (χ2v) is 4.64. The van der Waals surface area contributed by atoms with E-state index in [0.29, 0.717) is 6.54 Å². The number of nitrogens with one attached hydrogen (secondary N) is 1. The Kier molecular flexibility index (Phi) is 2.74. The summed E-state index contributed by atoms with van der Waals surface area (Å²) in [4.78, 5) is 3.97. The minimum Gasteiger partial charge on any atom is -0.388 e. The van der Waals surface area contributed by atoms with Gasteiger partial charge in [0.1, 0.15) is 0 Å². The predicted octanol–water partition coefficient (Wildman–Crippen LogP) is 2.17. The van der Waals surface area contributed by atoms with Crippen LogP contribution >= 0.6 is 15.9 Å². The van der Waals surface area contributed by atoms with Gasteiger partial charge in [-0.15, -0.1) is 0 Å². The van der Waals surface area contributed by atoms with Gasteiger partial charge < -0.3 is 10.4 Å². The summed E-state index contributed by atoms with van der Waals surface area (Å²) >= 11 is 3.40. The zero-order valence-corrected chi connectivity index (χ0v) is 9.42. The average Bonchev–Trinajstić information content (AvgIpc) is 2.14. The van der Waals surface area contributed by atoms with Crippen LogP contribution in [0.4, 0.5) is 5.69 Å². The summed E-state index contributed by atoms with van der Waals surface area (Å²) in [6.45, 7) is 0.621. The van der Waals surface area contributed by atoms with Crippen molar-refractivity contribution in [3.63, 3.8) is 0 Å². The minimum absolute atomic E-state index is 0.483. The van der Waals surface area contributed by atoms with Crippen LogP contribution in [0.15, 0.2) is 22.9 Å². The molecule has 14 heavy (non-hydrogen) atoms. The van der Waals surface area contributed by atoms with Crippen LogP contribution in [0.5, 0.6) is 0 Å². The Morgan fingerprint density at radius 1 is 1.57 bits per heavy atom. The lowest BCUT2D eigenvalue weighted by Crippen LogP contribution is -2.43. The molecule has 2 rings (SSSR count). The maximum atomic E-state index is 9.87. The summed E-state index contributed by atoms with van der Waals surface area (Å²) in [5, 5.41) is 13.1. The molecule has 1 saturated carbocycles. The number of aliphatic hydroxyl groups is 1. The first-order valence-electron chi connectivity index (χ1n) is 4.75. The van der Waals surface area contributed by atoms with Crippen molar-refractivity contribution in [1.82, 2.24) is 4.98 Å². The van der Waals surface area contributed by atoms with E-state index in [9.17, 15) is 5.11 Å². The molecule has 0 unspecified atom stereocenters. The van der Waals surface area contributed by atoms with Crippen molar-refractivity contribution >= 4 is 21.6 Å². The van der Waals surface area contributed by atoms with Crippen molar-refractivity contribution < 1.29 is 5.11 Å². The first kappa shape index (κ1) is 9.93. The quantitative estimate of drug-likeness (QED) is 0.872. The van der Waals surface area contributed by atoms with Crippen LogP contribution in [0, 0.1) is 0 Å². The standard InChI is InChI=1S/C10H13BrN2O/c11-8-6-12-5-2-9(8)13-7-10(14)3-1-4-10/h2,5-6,14H,1,3-4,7H2,(H,12,13). The van der Waals surface area contributed by atoms with Crippen molar-refractivity contribution in [2.75, 3.05) is 11.9 Å². The first-order valence-corrected chi connectivity index (χ1v) is 5.55. The third-order valence-corrected chi connectivity index (χ3v) is 3.30. The molecule has 0 spiro atoms. The predicted molar refractivity (Wildman–Crippen MR) is 59.2 cm³/mol. The Labute approximate surface area is 91.7 Å². The largest absolute Gasteiger partial charge is 0.388 e. The highest BCUT2D eigenvalue weighted by Gasteiger charge is 2.33. The lowest BCUT2D eigenvalue weighted by molar-refractivity contribution is -0.0202. The van der Waals surface area contributed by atoms with E-state index < -0.39 is 5.60 Å². The molecule has 3 nitrogen and oxygen atoms in total. The molecule has 2 N–H and O–H groups in total. The van der Waals surface area contributed by atoms with Crippen LogP contribution in [0.2, 0.25) is 0 Å². The fourth-order valence-corrected chi connectivity index (χ4v) is 1.93. The Bertz CT molecular complexity index is 326. The molecule has 0 bridgehead atoms. The zero-order valence-electron chi connectivity index (χ0n) is 7.83. The summed E-state index contributed by atoms with van der Waals surface area (Å²) in [6, 6.07) is 1.89. The van der Waals surface area contributed by atoms with Gasteiger partial charge in [0.2, 0.25) is 0 Å². The number of anilines is 1. The fraction of sp³-hybridized carbons (Fsp3) is 0.500. The van der Waals surface area contributed by atoms with Crippen molar-refractivity contribution in [2.45, 2.75) is 24.9 Å². The summed E-state index contributed by atoms with van der Waals surface area (Å²) in [5.41, 5.74) is 0.503. The number of nitrogens with zero attached hydrogens (tertiary/aromatic N) is 1. The van der Waals surface area contributed by atoms with Gasteiger partial charge in [0.05, 0.1) is 15.8 Å². The van der Waals surface area contributed by atoms with E-state index in [1.165, 1.54) is 0 Å². The Morgan fingerprint density at radius 2 is 2.36 bits per heavy atom. The van der Waals surface area contributed by atoms with Crippen LogP contribution in [0.1, 0.15) is 19.3 Å². The summed E-state index contributed by atoms with van der Waals surface area (Å²) < 4.78 is 0.933. The summed E-state index contributed by atoms with van der Waals surface area (Å²) in [7, 11) is 0. The summed E-state index contributed by atoms with van der Waals surface area (Å²) in [5.74, 6) is 0. The third-order valence-electron chi connectivity index (χ3n) is 2.66. The number of halogens is 1. The maximum Gasteiger partial charge on any atom is 0.0819 e. The van der Waals surface area contributed by atoms with E-state index in [4.69, 9.17) is 0 Å². The molecule has 4 heteroatoms. The van der Waals surface area contributed by atoms with Crippen molar-refractivity contribution in [3.05, 3.63) is 22.9 Å². The van der Waals surface area contributed by atoms with Crippen molar-refractivity contribution in [3.8, 4) is 0 Å². The fourth-order valence-electron chi connectivity index (χ4n) is 1.54. The van der Waals surface area contributed by atoms with E-state index >= 15 is 0 Å². The van der Waals surface area contributed by atoms with Gasteiger partial charge in [0, 0.05) is 18.9 Å². The lowest BCUT2D eigenvalue weighted by atomic mass is 9.80. The SMILES string of the molecule is OC1(CNc2ccncc2Br)CCC1. The molecular weight excluding hydrogens is 244 g/mol. The second kappa shape index (κ2) is 3.87. The van der Waals surface area contributed by atoms with Gasteiger partial charge in [-0.25, -0.2) is 0 Å². The van der Waals surface area contributed by atoms with Gasteiger partial charge in [0.15, 0.2) is 0 Å². The minimum atomic E-state index is -0.483. The van der Waals surface area contributed by atoms with Gasteiger partial charge in [0.25, 0.3) is 0 Å².